The second-order valence-corrected chi connectivity index (χ2v) is 4.76. The third kappa shape index (κ3) is 2.31. The Morgan fingerprint density at radius 1 is 1.47 bits per heavy atom. The van der Waals surface area contributed by atoms with Gasteiger partial charge in [-0.05, 0) is 30.5 Å². The summed E-state index contributed by atoms with van der Waals surface area (Å²) in [5.74, 6) is -0.885. The van der Waals surface area contributed by atoms with Crippen LogP contribution in [0.5, 0.6) is 0 Å². The highest BCUT2D eigenvalue weighted by atomic mass is 16.4. The second-order valence-electron chi connectivity index (χ2n) is 4.76. The Morgan fingerprint density at radius 2 is 2.37 bits per heavy atom. The molecular weight excluding hydrogens is 242 g/mol. The molecule has 0 aliphatic carbocycles. The number of rotatable bonds is 3. The molecule has 0 saturated carbocycles. The highest BCUT2D eigenvalue weighted by Crippen LogP contribution is 2.26. The number of nitrogens with zero attached hydrogens (tertiary/aromatic N) is 2. The normalized spacial score (nSPS) is 14.2. The van der Waals surface area contributed by atoms with Crippen molar-refractivity contribution in [1.29, 1.82) is 0 Å². The molecule has 1 aromatic heterocycles. The van der Waals surface area contributed by atoms with Crippen LogP contribution in [0.2, 0.25) is 0 Å². The molecule has 0 atom stereocenters. The molecule has 3 rings (SSSR count). The molecule has 0 unspecified atom stereocenters. The van der Waals surface area contributed by atoms with Crippen LogP contribution in [0.4, 0.5) is 5.69 Å². The number of hydrogen-bond acceptors (Lipinski definition) is 3. The molecule has 19 heavy (non-hydrogen) atoms. The van der Waals surface area contributed by atoms with Gasteiger partial charge in [0.15, 0.2) is 0 Å². The first-order valence-corrected chi connectivity index (χ1v) is 6.33. The van der Waals surface area contributed by atoms with Crippen molar-refractivity contribution in [1.82, 2.24) is 10.2 Å². The number of carboxylic acids is 1. The quantitative estimate of drug-likeness (QED) is 0.883. The molecule has 2 heterocycles. The molecule has 0 saturated heterocycles. The third-order valence-electron chi connectivity index (χ3n) is 3.44. The SMILES string of the molecule is O=C(O)c1cccc(CN2CCCc3[nH]ncc32)c1. The van der Waals surface area contributed by atoms with Gasteiger partial charge in [-0.2, -0.15) is 5.10 Å². The second kappa shape index (κ2) is 4.76. The summed E-state index contributed by atoms with van der Waals surface area (Å²) in [6, 6.07) is 7.10. The summed E-state index contributed by atoms with van der Waals surface area (Å²) in [4.78, 5) is 13.2. The maximum atomic E-state index is 11.0. The number of aryl methyl sites for hydroxylation is 1. The lowest BCUT2D eigenvalue weighted by molar-refractivity contribution is 0.0696. The van der Waals surface area contributed by atoms with Crippen molar-refractivity contribution in [3.05, 3.63) is 47.3 Å². The number of nitrogens with one attached hydrogen (secondary N) is 1. The van der Waals surface area contributed by atoms with Crippen molar-refractivity contribution in [2.45, 2.75) is 19.4 Å². The summed E-state index contributed by atoms with van der Waals surface area (Å²) < 4.78 is 0. The van der Waals surface area contributed by atoms with Crippen LogP contribution in [0.25, 0.3) is 0 Å². The van der Waals surface area contributed by atoms with E-state index in [0.29, 0.717) is 12.1 Å². The molecule has 2 aromatic rings. The highest BCUT2D eigenvalue weighted by molar-refractivity contribution is 5.87. The number of hydrogen-bond donors (Lipinski definition) is 2. The van der Waals surface area contributed by atoms with Crippen molar-refractivity contribution in [3.8, 4) is 0 Å². The summed E-state index contributed by atoms with van der Waals surface area (Å²) in [5.41, 5.74) is 3.64. The highest BCUT2D eigenvalue weighted by Gasteiger charge is 2.18. The predicted molar refractivity (Wildman–Crippen MR) is 71.4 cm³/mol. The number of carbonyl (C=O) groups is 1. The molecule has 0 radical (unpaired) electrons. The van der Waals surface area contributed by atoms with E-state index in [2.05, 4.69) is 15.1 Å². The number of H-pyrrole nitrogens is 1. The minimum absolute atomic E-state index is 0.335. The molecule has 1 aromatic carbocycles. The fourth-order valence-corrected chi connectivity index (χ4v) is 2.52. The number of aromatic nitrogens is 2. The monoisotopic (exact) mass is 257 g/mol. The van der Waals surface area contributed by atoms with Gasteiger partial charge in [0, 0.05) is 13.1 Å². The zero-order valence-electron chi connectivity index (χ0n) is 10.5. The van der Waals surface area contributed by atoms with Gasteiger partial charge >= 0.3 is 5.97 Å². The van der Waals surface area contributed by atoms with Crippen LogP contribution >= 0.6 is 0 Å². The Hall–Kier alpha value is -2.30. The summed E-state index contributed by atoms with van der Waals surface area (Å²) in [6.45, 7) is 1.69. The minimum Gasteiger partial charge on any atom is -0.478 e. The van der Waals surface area contributed by atoms with Gasteiger partial charge in [0.25, 0.3) is 0 Å². The predicted octanol–water partition coefficient (Wildman–Crippen LogP) is 2.06. The Balaban J connectivity index is 1.83. The zero-order chi connectivity index (χ0) is 13.2. The Labute approximate surface area is 110 Å². The molecule has 0 spiro atoms. The summed E-state index contributed by atoms with van der Waals surface area (Å²) in [6.07, 6.45) is 3.96. The van der Waals surface area contributed by atoms with Gasteiger partial charge in [0.05, 0.1) is 23.1 Å². The largest absolute Gasteiger partial charge is 0.478 e. The summed E-state index contributed by atoms with van der Waals surface area (Å²) in [5, 5.41) is 16.1. The first-order chi connectivity index (χ1) is 9.24. The molecule has 5 heteroatoms. The average molecular weight is 257 g/mol. The van der Waals surface area contributed by atoms with Gasteiger partial charge in [-0.15, -0.1) is 0 Å². The van der Waals surface area contributed by atoms with Gasteiger partial charge in [0.1, 0.15) is 0 Å². The van der Waals surface area contributed by atoms with Gasteiger partial charge in [0.2, 0.25) is 0 Å². The van der Waals surface area contributed by atoms with Crippen molar-refractivity contribution >= 4 is 11.7 Å². The van der Waals surface area contributed by atoms with Crippen molar-refractivity contribution in [2.24, 2.45) is 0 Å². The van der Waals surface area contributed by atoms with Crippen LogP contribution in [0.3, 0.4) is 0 Å². The molecule has 5 nitrogen and oxygen atoms in total. The van der Waals surface area contributed by atoms with E-state index in [0.717, 1.165) is 30.6 Å². The zero-order valence-corrected chi connectivity index (χ0v) is 10.5. The lowest BCUT2D eigenvalue weighted by atomic mass is 10.1. The molecule has 0 amide bonds. The van der Waals surface area contributed by atoms with Crippen LogP contribution in [-0.4, -0.2) is 27.8 Å². The van der Waals surface area contributed by atoms with Crippen LogP contribution in [-0.2, 0) is 13.0 Å². The van der Waals surface area contributed by atoms with E-state index < -0.39 is 5.97 Å². The van der Waals surface area contributed by atoms with Gasteiger partial charge in [-0.1, -0.05) is 12.1 Å². The lowest BCUT2D eigenvalue weighted by Gasteiger charge is -2.28. The van der Waals surface area contributed by atoms with Crippen LogP contribution in [0.1, 0.15) is 28.0 Å². The minimum atomic E-state index is -0.885. The fraction of sp³-hybridized carbons (Fsp3) is 0.286. The molecule has 0 fully saturated rings. The molecule has 0 bridgehead atoms. The van der Waals surface area contributed by atoms with E-state index in [1.165, 1.54) is 5.69 Å². The van der Waals surface area contributed by atoms with Gasteiger partial charge in [-0.25, -0.2) is 4.79 Å². The maximum Gasteiger partial charge on any atom is 0.335 e. The first kappa shape index (κ1) is 11.8. The van der Waals surface area contributed by atoms with E-state index in [9.17, 15) is 4.79 Å². The van der Waals surface area contributed by atoms with Crippen molar-refractivity contribution in [2.75, 3.05) is 11.4 Å². The number of aromatic amines is 1. The van der Waals surface area contributed by atoms with Crippen LogP contribution in [0.15, 0.2) is 30.5 Å². The summed E-state index contributed by atoms with van der Waals surface area (Å²) >= 11 is 0. The Kier molecular flexibility index (Phi) is 2.95. The Morgan fingerprint density at radius 3 is 3.21 bits per heavy atom. The molecule has 98 valence electrons. The van der Waals surface area contributed by atoms with Crippen molar-refractivity contribution < 1.29 is 9.90 Å². The molecular formula is C14H15N3O2. The number of carboxylic acid groups (broad SMARTS) is 1. The van der Waals surface area contributed by atoms with E-state index in [1.54, 1.807) is 18.2 Å². The number of benzene rings is 1. The van der Waals surface area contributed by atoms with E-state index in [-0.39, 0.29) is 0 Å². The maximum absolute atomic E-state index is 11.0. The van der Waals surface area contributed by atoms with E-state index >= 15 is 0 Å². The van der Waals surface area contributed by atoms with E-state index in [1.807, 2.05) is 12.3 Å². The van der Waals surface area contributed by atoms with Crippen LogP contribution < -0.4 is 4.90 Å². The van der Waals surface area contributed by atoms with Gasteiger partial charge < -0.3 is 10.0 Å². The smallest absolute Gasteiger partial charge is 0.335 e. The average Bonchev–Trinajstić information content (AvgIpc) is 2.88. The number of aromatic carboxylic acids is 1. The first-order valence-electron chi connectivity index (χ1n) is 6.33. The van der Waals surface area contributed by atoms with Gasteiger partial charge in [-0.3, -0.25) is 5.10 Å². The Bertz CT molecular complexity index is 606. The van der Waals surface area contributed by atoms with Crippen molar-refractivity contribution in [3.63, 3.8) is 0 Å². The summed E-state index contributed by atoms with van der Waals surface area (Å²) in [7, 11) is 0. The molecule has 1 aliphatic heterocycles. The molecule has 2 N–H and O–H groups in total. The molecule has 1 aliphatic rings. The topological polar surface area (TPSA) is 69.2 Å². The lowest BCUT2D eigenvalue weighted by Crippen LogP contribution is -2.28. The fourth-order valence-electron chi connectivity index (χ4n) is 2.52. The van der Waals surface area contributed by atoms with Crippen LogP contribution in [0, 0.1) is 0 Å². The third-order valence-corrected chi connectivity index (χ3v) is 3.44. The standard InChI is InChI=1S/C14H15N3O2/c18-14(19)11-4-1-3-10(7-11)9-17-6-2-5-12-13(17)8-15-16-12/h1,3-4,7-8H,2,5-6,9H2,(H,15,16)(H,18,19). The number of fused-ring (bicyclic) bond motifs is 1. The number of anilines is 1. The van der Waals surface area contributed by atoms with E-state index in [4.69, 9.17) is 5.11 Å².